The Balaban J connectivity index is 1.45. The van der Waals surface area contributed by atoms with Gasteiger partial charge in [0.15, 0.2) is 6.61 Å². The second kappa shape index (κ2) is 10.2. The Hall–Kier alpha value is -3.22. The first-order valence-electron chi connectivity index (χ1n) is 10.4. The average Bonchev–Trinajstić information content (AvgIpc) is 2.82. The Morgan fingerprint density at radius 1 is 1.06 bits per heavy atom. The SMILES string of the molecule is C[C@@H](c1ccccc1)N(C)C(=O)COC(=O)C1CCN(C(=O)c2ccc(F)cc2)CC1. The highest BCUT2D eigenvalue weighted by Gasteiger charge is 2.29. The van der Waals surface area contributed by atoms with E-state index in [1.807, 2.05) is 37.3 Å². The Labute approximate surface area is 181 Å². The van der Waals surface area contributed by atoms with Gasteiger partial charge in [-0.1, -0.05) is 30.3 Å². The lowest BCUT2D eigenvalue weighted by Crippen LogP contribution is -2.41. The van der Waals surface area contributed by atoms with Crippen LogP contribution in [0.4, 0.5) is 4.39 Å². The van der Waals surface area contributed by atoms with Gasteiger partial charge in [0.1, 0.15) is 5.82 Å². The van der Waals surface area contributed by atoms with Gasteiger partial charge in [-0.25, -0.2) is 4.39 Å². The van der Waals surface area contributed by atoms with Gasteiger partial charge in [0.25, 0.3) is 11.8 Å². The van der Waals surface area contributed by atoms with Gasteiger partial charge in [-0.05, 0) is 49.6 Å². The fourth-order valence-corrected chi connectivity index (χ4v) is 3.62. The molecule has 0 N–H and O–H groups in total. The lowest BCUT2D eigenvalue weighted by Gasteiger charge is -2.31. The molecule has 2 amide bonds. The number of benzene rings is 2. The number of likely N-dealkylation sites (tertiary alicyclic amines) is 1. The molecule has 6 nitrogen and oxygen atoms in total. The number of carbonyl (C=O) groups is 3. The first-order valence-corrected chi connectivity index (χ1v) is 10.4. The van der Waals surface area contributed by atoms with Crippen molar-refractivity contribution in [3.05, 3.63) is 71.5 Å². The quantitative estimate of drug-likeness (QED) is 0.664. The summed E-state index contributed by atoms with van der Waals surface area (Å²) in [5.74, 6) is -1.60. The van der Waals surface area contributed by atoms with Gasteiger partial charge in [0, 0.05) is 25.7 Å². The maximum absolute atomic E-state index is 13.0. The molecule has 0 spiro atoms. The highest BCUT2D eigenvalue weighted by molar-refractivity contribution is 5.94. The zero-order valence-electron chi connectivity index (χ0n) is 17.8. The summed E-state index contributed by atoms with van der Waals surface area (Å²) in [6, 6.07) is 14.9. The predicted molar refractivity (Wildman–Crippen MR) is 114 cm³/mol. The van der Waals surface area contributed by atoms with E-state index >= 15 is 0 Å². The number of piperidine rings is 1. The summed E-state index contributed by atoms with van der Waals surface area (Å²) in [6.07, 6.45) is 0.937. The number of carbonyl (C=O) groups excluding carboxylic acids is 3. The smallest absolute Gasteiger partial charge is 0.309 e. The van der Waals surface area contributed by atoms with Crippen molar-refractivity contribution in [3.8, 4) is 0 Å². The number of rotatable bonds is 6. The van der Waals surface area contributed by atoms with Crippen molar-refractivity contribution in [1.29, 1.82) is 0 Å². The monoisotopic (exact) mass is 426 g/mol. The molecule has 1 fully saturated rings. The third-order valence-electron chi connectivity index (χ3n) is 5.80. The Kier molecular flexibility index (Phi) is 7.39. The zero-order chi connectivity index (χ0) is 22.4. The topological polar surface area (TPSA) is 66.9 Å². The first kappa shape index (κ1) is 22.5. The van der Waals surface area contributed by atoms with Crippen LogP contribution in [0.2, 0.25) is 0 Å². The van der Waals surface area contributed by atoms with E-state index in [0.29, 0.717) is 31.5 Å². The molecule has 31 heavy (non-hydrogen) atoms. The van der Waals surface area contributed by atoms with Crippen LogP contribution in [0.25, 0.3) is 0 Å². The molecule has 3 rings (SSSR count). The number of ether oxygens (including phenoxy) is 1. The number of amides is 2. The second-order valence-electron chi connectivity index (χ2n) is 7.77. The summed E-state index contributed by atoms with van der Waals surface area (Å²) in [5.41, 5.74) is 1.42. The summed E-state index contributed by atoms with van der Waals surface area (Å²) in [6.45, 7) is 2.44. The summed E-state index contributed by atoms with van der Waals surface area (Å²) in [7, 11) is 1.69. The lowest BCUT2D eigenvalue weighted by atomic mass is 9.96. The van der Waals surface area contributed by atoms with Gasteiger partial charge >= 0.3 is 5.97 Å². The average molecular weight is 426 g/mol. The van der Waals surface area contributed by atoms with Gasteiger partial charge in [-0.3, -0.25) is 14.4 Å². The highest BCUT2D eigenvalue weighted by Crippen LogP contribution is 2.21. The van der Waals surface area contributed by atoms with Crippen molar-refractivity contribution >= 4 is 17.8 Å². The van der Waals surface area contributed by atoms with Crippen LogP contribution in [0, 0.1) is 11.7 Å². The highest BCUT2D eigenvalue weighted by atomic mass is 19.1. The number of nitrogens with zero attached hydrogens (tertiary/aromatic N) is 2. The third-order valence-corrected chi connectivity index (χ3v) is 5.80. The van der Waals surface area contributed by atoms with Crippen LogP contribution < -0.4 is 0 Å². The molecule has 0 radical (unpaired) electrons. The van der Waals surface area contributed by atoms with Crippen molar-refractivity contribution in [1.82, 2.24) is 9.80 Å². The normalized spacial score (nSPS) is 15.3. The van der Waals surface area contributed by atoms with E-state index in [4.69, 9.17) is 4.74 Å². The van der Waals surface area contributed by atoms with Crippen molar-refractivity contribution in [2.45, 2.75) is 25.8 Å². The minimum atomic E-state index is -0.414. The fourth-order valence-electron chi connectivity index (χ4n) is 3.62. The van der Waals surface area contributed by atoms with E-state index < -0.39 is 11.8 Å². The van der Waals surface area contributed by atoms with E-state index in [9.17, 15) is 18.8 Å². The van der Waals surface area contributed by atoms with E-state index in [1.54, 1.807) is 16.8 Å². The Morgan fingerprint density at radius 3 is 2.29 bits per heavy atom. The molecular formula is C24H27FN2O4. The van der Waals surface area contributed by atoms with Gasteiger partial charge in [0.05, 0.1) is 12.0 Å². The van der Waals surface area contributed by atoms with E-state index in [2.05, 4.69) is 0 Å². The molecule has 0 aliphatic carbocycles. The number of esters is 1. The molecule has 0 aromatic heterocycles. The molecule has 2 aromatic rings. The van der Waals surface area contributed by atoms with Crippen LogP contribution in [-0.4, -0.2) is 54.3 Å². The maximum Gasteiger partial charge on any atom is 0.309 e. The van der Waals surface area contributed by atoms with Gasteiger partial charge < -0.3 is 14.5 Å². The molecule has 1 aliphatic rings. The fraction of sp³-hybridized carbons (Fsp3) is 0.375. The maximum atomic E-state index is 13.0. The van der Waals surface area contributed by atoms with Crippen molar-refractivity contribution in [2.24, 2.45) is 5.92 Å². The van der Waals surface area contributed by atoms with Crippen molar-refractivity contribution in [3.63, 3.8) is 0 Å². The molecule has 2 aromatic carbocycles. The predicted octanol–water partition coefficient (Wildman–Crippen LogP) is 3.44. The molecule has 1 aliphatic heterocycles. The summed E-state index contributed by atoms with van der Waals surface area (Å²) < 4.78 is 18.3. The Bertz CT molecular complexity index is 909. The number of likely N-dealkylation sites (N-methyl/N-ethyl adjacent to an activating group) is 1. The van der Waals surface area contributed by atoms with Crippen LogP contribution in [0.1, 0.15) is 41.7 Å². The second-order valence-corrected chi connectivity index (χ2v) is 7.77. The van der Waals surface area contributed by atoms with Gasteiger partial charge in [0.2, 0.25) is 0 Å². The number of hydrogen-bond acceptors (Lipinski definition) is 4. The molecule has 1 heterocycles. The molecule has 1 saturated heterocycles. The summed E-state index contributed by atoms with van der Waals surface area (Å²) in [5, 5.41) is 0. The molecule has 7 heteroatoms. The largest absolute Gasteiger partial charge is 0.455 e. The molecule has 1 atom stereocenters. The third kappa shape index (κ3) is 5.69. The standard InChI is InChI=1S/C24H27FN2O4/c1-17(18-6-4-3-5-7-18)26(2)22(28)16-31-24(30)20-12-14-27(15-13-20)23(29)19-8-10-21(25)11-9-19/h3-11,17,20H,12-16H2,1-2H3/t17-/m0/s1. The minimum absolute atomic E-state index is 0.131. The van der Waals surface area contributed by atoms with E-state index in [1.165, 1.54) is 24.3 Å². The van der Waals surface area contributed by atoms with Crippen molar-refractivity contribution < 1.29 is 23.5 Å². The molecule has 0 unspecified atom stereocenters. The number of hydrogen-bond donors (Lipinski definition) is 0. The summed E-state index contributed by atoms with van der Waals surface area (Å²) in [4.78, 5) is 40.6. The van der Waals surface area contributed by atoms with Crippen LogP contribution in [0.3, 0.4) is 0 Å². The molecular weight excluding hydrogens is 399 g/mol. The van der Waals surface area contributed by atoms with Gasteiger partial charge in [-0.15, -0.1) is 0 Å². The Morgan fingerprint density at radius 2 is 1.68 bits per heavy atom. The van der Waals surface area contributed by atoms with Crippen LogP contribution in [0.15, 0.2) is 54.6 Å². The van der Waals surface area contributed by atoms with Gasteiger partial charge in [-0.2, -0.15) is 0 Å². The minimum Gasteiger partial charge on any atom is -0.455 e. The molecule has 0 saturated carbocycles. The van der Waals surface area contributed by atoms with E-state index in [0.717, 1.165) is 5.56 Å². The molecule has 0 bridgehead atoms. The number of halogens is 1. The van der Waals surface area contributed by atoms with Crippen LogP contribution in [-0.2, 0) is 14.3 Å². The first-order chi connectivity index (χ1) is 14.9. The molecule has 164 valence electrons. The summed E-state index contributed by atoms with van der Waals surface area (Å²) >= 11 is 0. The van der Waals surface area contributed by atoms with Crippen LogP contribution >= 0.6 is 0 Å². The van der Waals surface area contributed by atoms with Crippen LogP contribution in [0.5, 0.6) is 0 Å². The lowest BCUT2D eigenvalue weighted by molar-refractivity contribution is -0.156. The van der Waals surface area contributed by atoms with E-state index in [-0.39, 0.29) is 30.4 Å². The zero-order valence-corrected chi connectivity index (χ0v) is 17.8. The van der Waals surface area contributed by atoms with Crippen molar-refractivity contribution in [2.75, 3.05) is 26.7 Å².